The lowest BCUT2D eigenvalue weighted by Crippen LogP contribution is -2.49. The zero-order valence-corrected chi connectivity index (χ0v) is 29.6. The van der Waals surface area contributed by atoms with E-state index in [0.717, 1.165) is 54.1 Å². The van der Waals surface area contributed by atoms with E-state index in [2.05, 4.69) is 6.08 Å². The summed E-state index contributed by atoms with van der Waals surface area (Å²) in [6.07, 6.45) is 12.0. The van der Waals surface area contributed by atoms with Crippen molar-refractivity contribution in [2.45, 2.75) is 89.9 Å². The number of fused-ring (bicyclic) bond motifs is 2. The molecule has 1 fully saturated rings. The lowest BCUT2D eigenvalue weighted by molar-refractivity contribution is -0.228. The number of ketones is 1. The van der Waals surface area contributed by atoms with Gasteiger partial charge in [0.1, 0.15) is 11.5 Å². The van der Waals surface area contributed by atoms with Gasteiger partial charge < -0.3 is 33.5 Å². The number of carbonyl (C=O) groups excluding carboxylic acids is 5. The van der Waals surface area contributed by atoms with Gasteiger partial charge in [0.15, 0.2) is 11.6 Å². The SMILES string of the molecule is C/C=C\CCC1([C@H](O)C[C@H]2[C@H]3C(=O)C(=C[C@@H]2CCCCC/C=C/C)[C@](CC(=O)OC)(C(=O)OC)CC(C(=O)OC)=C3C(=O)OC)OCCO1. The van der Waals surface area contributed by atoms with Crippen LogP contribution in [0.3, 0.4) is 0 Å². The zero-order chi connectivity index (χ0) is 36.2. The van der Waals surface area contributed by atoms with Crippen LogP contribution in [0.15, 0.2) is 47.1 Å². The normalized spacial score (nSPS) is 25.6. The van der Waals surface area contributed by atoms with Gasteiger partial charge in [0.2, 0.25) is 0 Å². The first-order valence-corrected chi connectivity index (χ1v) is 17.0. The molecule has 5 atom stereocenters. The average molecular weight is 689 g/mol. The molecule has 49 heavy (non-hydrogen) atoms. The fraction of sp³-hybridized carbons (Fsp3) is 0.649. The van der Waals surface area contributed by atoms with E-state index >= 15 is 0 Å². The largest absolute Gasteiger partial charge is 0.469 e. The second kappa shape index (κ2) is 18.4. The Labute approximate surface area is 288 Å². The smallest absolute Gasteiger partial charge is 0.335 e. The van der Waals surface area contributed by atoms with Crippen LogP contribution < -0.4 is 0 Å². The molecule has 1 heterocycles. The monoisotopic (exact) mass is 688 g/mol. The van der Waals surface area contributed by atoms with Gasteiger partial charge in [0.25, 0.3) is 0 Å². The molecule has 0 radical (unpaired) electrons. The summed E-state index contributed by atoms with van der Waals surface area (Å²) in [6.45, 7) is 4.40. The van der Waals surface area contributed by atoms with E-state index in [-0.39, 0.29) is 36.4 Å². The molecule has 12 heteroatoms. The maximum Gasteiger partial charge on any atom is 0.335 e. The minimum atomic E-state index is -2.00. The van der Waals surface area contributed by atoms with Crippen molar-refractivity contribution in [3.8, 4) is 0 Å². The minimum absolute atomic E-state index is 0.0452. The Morgan fingerprint density at radius 1 is 0.918 bits per heavy atom. The molecular formula is C37H52O12. The summed E-state index contributed by atoms with van der Waals surface area (Å²) in [6, 6.07) is 0. The topological polar surface area (TPSA) is 161 Å². The Bertz CT molecular complexity index is 1330. The first kappa shape index (κ1) is 39.8. The van der Waals surface area contributed by atoms with Gasteiger partial charge in [0.05, 0.1) is 59.6 Å². The molecule has 2 bridgehead atoms. The standard InChI is InChI=1S/C37H52O12/c1-7-9-11-12-13-14-16-24-20-27-32(40)30(25(24)21-28(38)37(17-15-10-8-2)48-18-19-49-37)31(34(42)46-5)26(33(41)45-4)22-36(27,35(43)47-6)23-29(39)44-3/h7-10,20,24-25,28,30,38H,11-19,21-23H2,1-6H3/b9-7+,10-8-/t24-,25+,28+,30+,36-/m0/s1. The molecule has 1 aliphatic heterocycles. The van der Waals surface area contributed by atoms with Crippen LogP contribution in [0, 0.1) is 23.2 Å². The summed E-state index contributed by atoms with van der Waals surface area (Å²) in [4.78, 5) is 68.8. The molecule has 3 rings (SSSR count). The first-order valence-electron chi connectivity index (χ1n) is 17.0. The van der Waals surface area contributed by atoms with Crippen molar-refractivity contribution >= 4 is 29.7 Å². The molecule has 0 saturated carbocycles. The molecule has 3 aliphatic rings. The quantitative estimate of drug-likeness (QED) is 0.0989. The third-order valence-electron chi connectivity index (χ3n) is 9.94. The predicted octanol–water partition coefficient (Wildman–Crippen LogP) is 4.49. The van der Waals surface area contributed by atoms with Crippen molar-refractivity contribution in [2.24, 2.45) is 23.2 Å². The molecule has 272 valence electrons. The lowest BCUT2D eigenvalue weighted by atomic mass is 9.62. The van der Waals surface area contributed by atoms with E-state index in [4.69, 9.17) is 28.4 Å². The predicted molar refractivity (Wildman–Crippen MR) is 178 cm³/mol. The molecule has 0 spiro atoms. The van der Waals surface area contributed by atoms with E-state index < -0.39 is 77.6 Å². The van der Waals surface area contributed by atoms with E-state index in [9.17, 15) is 29.1 Å². The van der Waals surface area contributed by atoms with Crippen LogP contribution in [0.1, 0.15) is 78.1 Å². The van der Waals surface area contributed by atoms with Crippen molar-refractivity contribution in [1.82, 2.24) is 0 Å². The maximum absolute atomic E-state index is 14.8. The number of Topliss-reactive ketones (excluding diaryl/α,β-unsaturated/α-hetero) is 1. The molecule has 0 aromatic heterocycles. The summed E-state index contributed by atoms with van der Waals surface area (Å²) >= 11 is 0. The lowest BCUT2D eigenvalue weighted by Gasteiger charge is -2.42. The van der Waals surface area contributed by atoms with Crippen LogP contribution in [0.5, 0.6) is 0 Å². The Morgan fingerprint density at radius 2 is 1.57 bits per heavy atom. The zero-order valence-electron chi connectivity index (χ0n) is 29.6. The molecule has 1 saturated heterocycles. The van der Waals surface area contributed by atoms with Crippen LogP contribution in [-0.2, 0) is 52.4 Å². The number of allylic oxidation sites excluding steroid dienone is 5. The Kier molecular flexibility index (Phi) is 15.0. The molecule has 12 nitrogen and oxygen atoms in total. The summed E-state index contributed by atoms with van der Waals surface area (Å²) in [5.74, 6) is -8.26. The van der Waals surface area contributed by atoms with Crippen LogP contribution >= 0.6 is 0 Å². The molecule has 0 aromatic rings. The number of ether oxygens (including phenoxy) is 6. The van der Waals surface area contributed by atoms with Gasteiger partial charge in [-0.3, -0.25) is 14.4 Å². The number of aliphatic hydroxyl groups excluding tert-OH is 1. The third-order valence-corrected chi connectivity index (χ3v) is 9.94. The van der Waals surface area contributed by atoms with E-state index in [0.29, 0.717) is 19.3 Å². The number of aliphatic hydroxyl groups is 1. The highest BCUT2D eigenvalue weighted by molar-refractivity contribution is 6.14. The number of rotatable bonds is 17. The van der Waals surface area contributed by atoms with E-state index in [1.165, 1.54) is 0 Å². The van der Waals surface area contributed by atoms with Gasteiger partial charge >= 0.3 is 23.9 Å². The third kappa shape index (κ3) is 8.77. The van der Waals surface area contributed by atoms with Crippen molar-refractivity contribution in [1.29, 1.82) is 0 Å². The van der Waals surface area contributed by atoms with Crippen molar-refractivity contribution < 1.29 is 57.5 Å². The number of esters is 4. The number of unbranched alkanes of at least 4 members (excludes halogenated alkanes) is 3. The van der Waals surface area contributed by atoms with Gasteiger partial charge in [-0.05, 0) is 57.8 Å². The highest BCUT2D eigenvalue weighted by Gasteiger charge is 2.59. The number of hydrogen-bond donors (Lipinski definition) is 1. The molecule has 2 aliphatic carbocycles. The molecular weight excluding hydrogens is 636 g/mol. The van der Waals surface area contributed by atoms with Gasteiger partial charge in [-0.15, -0.1) is 0 Å². The van der Waals surface area contributed by atoms with Crippen LogP contribution in [0.25, 0.3) is 0 Å². The molecule has 0 unspecified atom stereocenters. The van der Waals surface area contributed by atoms with Crippen molar-refractivity contribution in [2.75, 3.05) is 41.7 Å². The average Bonchev–Trinajstić information content (AvgIpc) is 3.57. The summed E-state index contributed by atoms with van der Waals surface area (Å²) in [7, 11) is 4.51. The van der Waals surface area contributed by atoms with Gasteiger partial charge in [0, 0.05) is 24.0 Å². The highest BCUT2D eigenvalue weighted by atomic mass is 16.7. The summed E-state index contributed by atoms with van der Waals surface area (Å²) in [5.41, 5.74) is -2.61. The number of methoxy groups -OCH3 is 4. The van der Waals surface area contributed by atoms with Crippen molar-refractivity contribution in [3.05, 3.63) is 47.1 Å². The Hall–Kier alpha value is -3.61. The van der Waals surface area contributed by atoms with E-state index in [1.807, 2.05) is 32.1 Å². The van der Waals surface area contributed by atoms with Crippen molar-refractivity contribution in [3.63, 3.8) is 0 Å². The fourth-order valence-corrected chi connectivity index (χ4v) is 7.50. The fourth-order valence-electron chi connectivity index (χ4n) is 7.50. The number of carbonyl (C=O) groups is 5. The van der Waals surface area contributed by atoms with Crippen LogP contribution in [0.2, 0.25) is 0 Å². The summed E-state index contributed by atoms with van der Waals surface area (Å²) < 4.78 is 32.4. The Morgan fingerprint density at radius 3 is 2.16 bits per heavy atom. The van der Waals surface area contributed by atoms with Gasteiger partial charge in [-0.2, -0.15) is 0 Å². The second-order valence-corrected chi connectivity index (χ2v) is 12.7. The second-order valence-electron chi connectivity index (χ2n) is 12.7. The van der Waals surface area contributed by atoms with Gasteiger partial charge in [-0.25, -0.2) is 9.59 Å². The minimum Gasteiger partial charge on any atom is -0.469 e. The number of hydrogen-bond acceptors (Lipinski definition) is 12. The molecule has 1 N–H and O–H groups in total. The Balaban J connectivity index is 2.31. The van der Waals surface area contributed by atoms with Gasteiger partial charge in [-0.1, -0.05) is 43.2 Å². The first-order chi connectivity index (χ1) is 23.5. The summed E-state index contributed by atoms with van der Waals surface area (Å²) in [5, 5.41) is 11.9. The van der Waals surface area contributed by atoms with Crippen LogP contribution in [0.4, 0.5) is 0 Å². The maximum atomic E-state index is 14.8. The van der Waals surface area contributed by atoms with E-state index in [1.54, 1.807) is 6.08 Å². The van der Waals surface area contributed by atoms with Crippen LogP contribution in [-0.4, -0.2) is 88.3 Å². The molecule has 0 amide bonds. The molecule has 0 aromatic carbocycles. The highest BCUT2D eigenvalue weighted by Crippen LogP contribution is 2.54.